The van der Waals surface area contributed by atoms with Crippen LogP contribution < -0.4 is 11.5 Å². The van der Waals surface area contributed by atoms with E-state index in [1.807, 2.05) is 0 Å². The molecule has 6 nitrogen and oxygen atoms in total. The van der Waals surface area contributed by atoms with E-state index >= 15 is 0 Å². The Labute approximate surface area is 166 Å². The van der Waals surface area contributed by atoms with Crippen molar-refractivity contribution in [3.05, 3.63) is 0 Å². The Bertz CT molecular complexity index is 295. The molecule has 0 aliphatic carbocycles. The lowest BCUT2D eigenvalue weighted by Crippen LogP contribution is -1.97. The minimum Gasteiger partial charge on any atom is -0.481 e. The molecule has 0 aliphatic heterocycles. The maximum absolute atomic E-state index is 10.1. The van der Waals surface area contributed by atoms with E-state index in [2.05, 4.69) is 0 Å². The van der Waals surface area contributed by atoms with Gasteiger partial charge in [-0.15, -0.1) is 0 Å². The van der Waals surface area contributed by atoms with E-state index in [-0.39, 0.29) is 12.8 Å². The molecule has 0 spiro atoms. The molecule has 0 saturated carbocycles. The van der Waals surface area contributed by atoms with Gasteiger partial charge in [0.15, 0.2) is 0 Å². The molecule has 0 saturated heterocycles. The second kappa shape index (κ2) is 24.9. The summed E-state index contributed by atoms with van der Waals surface area (Å²) in [4.78, 5) is 20.2. The van der Waals surface area contributed by atoms with Crippen molar-refractivity contribution in [3.63, 3.8) is 0 Å². The van der Waals surface area contributed by atoms with Crippen LogP contribution in [0.3, 0.4) is 0 Å². The minimum atomic E-state index is -0.759. The van der Waals surface area contributed by atoms with Crippen LogP contribution in [0.5, 0.6) is 0 Å². The van der Waals surface area contributed by atoms with Gasteiger partial charge in [0.1, 0.15) is 0 Å². The lowest BCUT2D eigenvalue weighted by atomic mass is 10.1. The molecule has 162 valence electrons. The summed E-state index contributed by atoms with van der Waals surface area (Å²) in [7, 11) is 0. The zero-order valence-electron chi connectivity index (χ0n) is 17.3. The summed E-state index contributed by atoms with van der Waals surface area (Å²) < 4.78 is 0. The van der Waals surface area contributed by atoms with Gasteiger partial charge in [0.25, 0.3) is 0 Å². The van der Waals surface area contributed by atoms with Gasteiger partial charge in [0.05, 0.1) is 0 Å². The van der Waals surface area contributed by atoms with E-state index in [1.54, 1.807) is 0 Å². The molecule has 0 unspecified atom stereocenters. The highest BCUT2D eigenvalue weighted by molar-refractivity contribution is 5.66. The number of carboxylic acid groups (broad SMARTS) is 2. The fourth-order valence-electron chi connectivity index (χ4n) is 2.79. The van der Waals surface area contributed by atoms with Gasteiger partial charge in [-0.2, -0.15) is 0 Å². The summed E-state index contributed by atoms with van der Waals surface area (Å²) in [5.74, 6) is -1.52. The number of rotatable bonds is 19. The van der Waals surface area contributed by atoms with E-state index in [0.717, 1.165) is 32.4 Å². The Morgan fingerprint density at radius 2 is 0.667 bits per heavy atom. The Balaban J connectivity index is 0. The quantitative estimate of drug-likeness (QED) is 0.238. The third-order valence-electron chi connectivity index (χ3n) is 4.44. The van der Waals surface area contributed by atoms with E-state index in [1.165, 1.54) is 64.2 Å². The second-order valence-corrected chi connectivity index (χ2v) is 7.17. The summed E-state index contributed by atoms with van der Waals surface area (Å²) in [5.41, 5.74) is 10.9. The molecule has 0 bridgehead atoms. The monoisotopic (exact) mass is 388 g/mol. The molecule has 0 radical (unpaired) electrons. The highest BCUT2D eigenvalue weighted by Gasteiger charge is 1.98. The Morgan fingerprint density at radius 1 is 0.444 bits per heavy atom. The first-order valence-electron chi connectivity index (χ1n) is 10.9. The average Bonchev–Trinajstić information content (AvgIpc) is 2.62. The number of nitrogens with two attached hydrogens (primary N) is 2. The van der Waals surface area contributed by atoms with Crippen LogP contribution in [0.25, 0.3) is 0 Å². The van der Waals surface area contributed by atoms with Crippen molar-refractivity contribution in [3.8, 4) is 0 Å². The van der Waals surface area contributed by atoms with Crippen molar-refractivity contribution in [2.24, 2.45) is 11.5 Å². The van der Waals surface area contributed by atoms with Crippen LogP contribution in [0.1, 0.15) is 109 Å². The molecule has 0 aromatic carbocycles. The first-order valence-corrected chi connectivity index (χ1v) is 10.9. The maximum atomic E-state index is 10.1. The standard InChI is InChI=1S/C12H28N2.C9H16O4/c13-11-9-7-5-3-1-2-4-6-8-10-12-14;10-8(11)6-4-2-1-3-5-7-9(12)13/h1-14H2;1-7H2,(H,10,11)(H,12,13). The van der Waals surface area contributed by atoms with Crippen molar-refractivity contribution < 1.29 is 19.8 Å². The number of unbranched alkanes of at least 4 members (excludes halogenated alkanes) is 13. The zero-order valence-corrected chi connectivity index (χ0v) is 17.3. The van der Waals surface area contributed by atoms with Gasteiger partial charge in [0.2, 0.25) is 0 Å². The zero-order chi connectivity index (χ0) is 20.6. The van der Waals surface area contributed by atoms with Crippen LogP contribution in [0.2, 0.25) is 0 Å². The highest BCUT2D eigenvalue weighted by atomic mass is 16.4. The molecule has 0 aromatic heterocycles. The molecule has 0 aromatic rings. The Hall–Kier alpha value is -1.14. The van der Waals surface area contributed by atoms with Gasteiger partial charge in [-0.25, -0.2) is 0 Å². The molecular weight excluding hydrogens is 344 g/mol. The van der Waals surface area contributed by atoms with Gasteiger partial charge in [-0.3, -0.25) is 9.59 Å². The molecule has 6 N–H and O–H groups in total. The van der Waals surface area contributed by atoms with Gasteiger partial charge in [0, 0.05) is 12.8 Å². The van der Waals surface area contributed by atoms with Gasteiger partial charge in [-0.1, -0.05) is 70.6 Å². The molecule has 27 heavy (non-hydrogen) atoms. The fraction of sp³-hybridized carbons (Fsp3) is 0.905. The van der Waals surface area contributed by atoms with Crippen LogP contribution in [0, 0.1) is 0 Å². The normalized spacial score (nSPS) is 10.3. The van der Waals surface area contributed by atoms with Crippen LogP contribution in [0.15, 0.2) is 0 Å². The van der Waals surface area contributed by atoms with Crippen molar-refractivity contribution in [2.45, 2.75) is 109 Å². The first kappa shape index (κ1) is 28.1. The van der Waals surface area contributed by atoms with Crippen LogP contribution >= 0.6 is 0 Å². The van der Waals surface area contributed by atoms with Gasteiger partial charge >= 0.3 is 11.9 Å². The van der Waals surface area contributed by atoms with Crippen molar-refractivity contribution >= 4 is 11.9 Å². The van der Waals surface area contributed by atoms with Gasteiger partial charge in [-0.05, 0) is 38.8 Å². The molecule has 6 heteroatoms. The second-order valence-electron chi connectivity index (χ2n) is 7.17. The van der Waals surface area contributed by atoms with Crippen LogP contribution in [-0.4, -0.2) is 35.2 Å². The number of hydrogen-bond acceptors (Lipinski definition) is 4. The van der Waals surface area contributed by atoms with Crippen molar-refractivity contribution in [1.82, 2.24) is 0 Å². The van der Waals surface area contributed by atoms with E-state index in [9.17, 15) is 9.59 Å². The minimum absolute atomic E-state index is 0.221. The van der Waals surface area contributed by atoms with E-state index in [4.69, 9.17) is 21.7 Å². The molecule has 0 atom stereocenters. The number of carboxylic acids is 2. The molecule has 0 fully saturated rings. The highest BCUT2D eigenvalue weighted by Crippen LogP contribution is 2.10. The number of hydrogen-bond donors (Lipinski definition) is 4. The largest absolute Gasteiger partial charge is 0.481 e. The van der Waals surface area contributed by atoms with Gasteiger partial charge < -0.3 is 21.7 Å². The summed E-state index contributed by atoms with van der Waals surface area (Å²) >= 11 is 0. The predicted octanol–water partition coefficient (Wildman–Crippen LogP) is 4.69. The summed E-state index contributed by atoms with van der Waals surface area (Å²) in [6, 6.07) is 0. The predicted molar refractivity (Wildman–Crippen MR) is 112 cm³/mol. The van der Waals surface area contributed by atoms with E-state index in [0.29, 0.717) is 12.8 Å². The average molecular weight is 389 g/mol. The summed E-state index contributed by atoms with van der Waals surface area (Å²) in [5, 5.41) is 16.6. The molecule has 0 aliphatic rings. The number of carbonyl (C=O) groups is 2. The molecule has 0 amide bonds. The summed E-state index contributed by atoms with van der Waals surface area (Å²) in [6.45, 7) is 1.72. The third kappa shape index (κ3) is 32.9. The first-order chi connectivity index (χ1) is 13.0. The fourth-order valence-corrected chi connectivity index (χ4v) is 2.79. The van der Waals surface area contributed by atoms with E-state index < -0.39 is 11.9 Å². The smallest absolute Gasteiger partial charge is 0.303 e. The molecular formula is C21H44N2O4. The lowest BCUT2D eigenvalue weighted by Gasteiger charge is -2.01. The Morgan fingerprint density at radius 3 is 0.889 bits per heavy atom. The van der Waals surface area contributed by atoms with Crippen LogP contribution in [0.4, 0.5) is 0 Å². The number of aliphatic carboxylic acids is 2. The SMILES string of the molecule is NCCCCCCCCCCCCN.O=C(O)CCCCCCCC(=O)O. The molecule has 0 rings (SSSR count). The lowest BCUT2D eigenvalue weighted by molar-refractivity contribution is -0.138. The maximum Gasteiger partial charge on any atom is 0.303 e. The Kier molecular flexibility index (Phi) is 25.8. The molecule has 0 heterocycles. The van der Waals surface area contributed by atoms with Crippen molar-refractivity contribution in [2.75, 3.05) is 13.1 Å². The van der Waals surface area contributed by atoms with Crippen LogP contribution in [-0.2, 0) is 9.59 Å². The topological polar surface area (TPSA) is 127 Å². The summed E-state index contributed by atoms with van der Waals surface area (Å²) in [6.07, 6.45) is 18.0. The van der Waals surface area contributed by atoms with Crippen molar-refractivity contribution in [1.29, 1.82) is 0 Å². The third-order valence-corrected chi connectivity index (χ3v) is 4.44.